The molecule has 116 valence electrons. The molecule has 0 bridgehead atoms. The molecule has 0 aliphatic heterocycles. The van der Waals surface area contributed by atoms with Gasteiger partial charge in [0.1, 0.15) is 10.5 Å². The second kappa shape index (κ2) is 5.51. The lowest BCUT2D eigenvalue weighted by Crippen LogP contribution is -2.20. The summed E-state index contributed by atoms with van der Waals surface area (Å²) in [6.07, 6.45) is 4.03. The van der Waals surface area contributed by atoms with Gasteiger partial charge in [-0.05, 0) is 24.6 Å². The molecule has 0 aromatic carbocycles. The van der Waals surface area contributed by atoms with Crippen molar-refractivity contribution in [1.29, 1.82) is 0 Å². The molecule has 0 unspecified atom stereocenters. The molecule has 6 nitrogen and oxygen atoms in total. The fourth-order valence-electron chi connectivity index (χ4n) is 2.39. The van der Waals surface area contributed by atoms with Gasteiger partial charge in [0.05, 0.1) is 24.5 Å². The first-order valence-electron chi connectivity index (χ1n) is 7.22. The van der Waals surface area contributed by atoms with E-state index in [0.717, 1.165) is 16.1 Å². The van der Waals surface area contributed by atoms with Crippen molar-refractivity contribution in [2.45, 2.75) is 19.9 Å². The standard InChI is InChI=1S/C16H13N3O3S/c1-2-11-7-12-15(23-11)17-9-19(16(12)20)8-10-6-14(22-18-10)13-4-3-5-21-13/h3-7,9H,2,8H2,1H3. The highest BCUT2D eigenvalue weighted by Gasteiger charge is 2.12. The Morgan fingerprint density at radius 1 is 1.30 bits per heavy atom. The Labute approximate surface area is 135 Å². The third-order valence-corrected chi connectivity index (χ3v) is 4.76. The third-order valence-electron chi connectivity index (χ3n) is 3.57. The highest BCUT2D eigenvalue weighted by atomic mass is 32.1. The summed E-state index contributed by atoms with van der Waals surface area (Å²) in [4.78, 5) is 18.9. The first-order chi connectivity index (χ1) is 11.2. The van der Waals surface area contributed by atoms with E-state index in [-0.39, 0.29) is 5.56 Å². The lowest BCUT2D eigenvalue weighted by Gasteiger charge is -2.01. The summed E-state index contributed by atoms with van der Waals surface area (Å²) in [6.45, 7) is 2.37. The predicted molar refractivity (Wildman–Crippen MR) is 86.6 cm³/mol. The third kappa shape index (κ3) is 2.49. The first kappa shape index (κ1) is 14.0. The van der Waals surface area contributed by atoms with E-state index in [0.29, 0.717) is 29.1 Å². The molecule has 0 aliphatic carbocycles. The summed E-state index contributed by atoms with van der Waals surface area (Å²) in [5.41, 5.74) is 0.582. The van der Waals surface area contributed by atoms with Crippen LogP contribution >= 0.6 is 11.3 Å². The topological polar surface area (TPSA) is 74.1 Å². The molecule has 23 heavy (non-hydrogen) atoms. The molecular formula is C16H13N3O3S. The van der Waals surface area contributed by atoms with Crippen LogP contribution in [0.1, 0.15) is 17.5 Å². The number of hydrogen-bond donors (Lipinski definition) is 0. The number of nitrogens with zero attached hydrogens (tertiary/aromatic N) is 3. The van der Waals surface area contributed by atoms with Crippen LogP contribution in [0.25, 0.3) is 21.7 Å². The number of fused-ring (bicyclic) bond motifs is 1. The maximum absolute atomic E-state index is 12.6. The number of thiophene rings is 1. The summed E-state index contributed by atoms with van der Waals surface area (Å²) < 4.78 is 12.1. The van der Waals surface area contributed by atoms with Gasteiger partial charge in [0.15, 0.2) is 5.76 Å². The van der Waals surface area contributed by atoms with Crippen molar-refractivity contribution in [3.63, 3.8) is 0 Å². The average molecular weight is 327 g/mol. The molecule has 0 amide bonds. The molecule has 0 radical (unpaired) electrons. The van der Waals surface area contributed by atoms with Crippen LogP contribution in [0.2, 0.25) is 0 Å². The molecule has 0 atom stereocenters. The van der Waals surface area contributed by atoms with Crippen molar-refractivity contribution in [2.75, 3.05) is 0 Å². The fourth-order valence-corrected chi connectivity index (χ4v) is 3.32. The molecular weight excluding hydrogens is 314 g/mol. The van der Waals surface area contributed by atoms with E-state index < -0.39 is 0 Å². The highest BCUT2D eigenvalue weighted by Crippen LogP contribution is 2.22. The Morgan fingerprint density at radius 3 is 3.00 bits per heavy atom. The van der Waals surface area contributed by atoms with Crippen molar-refractivity contribution < 1.29 is 8.94 Å². The largest absolute Gasteiger partial charge is 0.461 e. The Kier molecular flexibility index (Phi) is 3.34. The Hall–Kier alpha value is -2.67. The molecule has 0 aliphatic rings. The van der Waals surface area contributed by atoms with Gasteiger partial charge in [-0.25, -0.2) is 4.98 Å². The van der Waals surface area contributed by atoms with Crippen molar-refractivity contribution >= 4 is 21.6 Å². The average Bonchev–Trinajstić information content (AvgIpc) is 3.29. The zero-order valence-electron chi connectivity index (χ0n) is 12.4. The van der Waals surface area contributed by atoms with Crippen molar-refractivity contribution in [1.82, 2.24) is 14.7 Å². The van der Waals surface area contributed by atoms with Crippen molar-refractivity contribution in [3.05, 3.63) is 57.8 Å². The van der Waals surface area contributed by atoms with Gasteiger partial charge in [-0.2, -0.15) is 0 Å². The maximum atomic E-state index is 12.6. The van der Waals surface area contributed by atoms with Gasteiger partial charge in [0.2, 0.25) is 5.76 Å². The Bertz CT molecular complexity index is 1010. The van der Waals surface area contributed by atoms with Gasteiger partial charge >= 0.3 is 0 Å². The Morgan fingerprint density at radius 2 is 2.22 bits per heavy atom. The predicted octanol–water partition coefficient (Wildman–Crippen LogP) is 3.32. The minimum Gasteiger partial charge on any atom is -0.461 e. The molecule has 4 rings (SSSR count). The van der Waals surface area contributed by atoms with Crippen LogP contribution in [0.4, 0.5) is 0 Å². The molecule has 0 spiro atoms. The summed E-state index contributed by atoms with van der Waals surface area (Å²) in [7, 11) is 0. The van der Waals surface area contributed by atoms with Gasteiger partial charge in [-0.1, -0.05) is 12.1 Å². The van der Waals surface area contributed by atoms with Crippen LogP contribution in [0.15, 0.2) is 50.6 Å². The van der Waals surface area contributed by atoms with E-state index in [1.54, 1.807) is 42.1 Å². The second-order valence-corrected chi connectivity index (χ2v) is 6.24. The molecule has 4 aromatic rings. The maximum Gasteiger partial charge on any atom is 0.262 e. The van der Waals surface area contributed by atoms with Crippen LogP contribution in [0.5, 0.6) is 0 Å². The SMILES string of the molecule is CCc1cc2c(=O)n(Cc3cc(-c4ccco4)on3)cnc2s1. The molecule has 0 saturated carbocycles. The van der Waals surface area contributed by atoms with Gasteiger partial charge in [-0.3, -0.25) is 9.36 Å². The van der Waals surface area contributed by atoms with Crippen LogP contribution in [-0.2, 0) is 13.0 Å². The minimum absolute atomic E-state index is 0.0616. The van der Waals surface area contributed by atoms with E-state index >= 15 is 0 Å². The smallest absolute Gasteiger partial charge is 0.262 e. The fraction of sp³-hybridized carbons (Fsp3) is 0.188. The number of aromatic nitrogens is 3. The summed E-state index contributed by atoms with van der Waals surface area (Å²) in [6, 6.07) is 7.26. The van der Waals surface area contributed by atoms with E-state index in [4.69, 9.17) is 8.94 Å². The van der Waals surface area contributed by atoms with E-state index in [1.165, 1.54) is 4.57 Å². The minimum atomic E-state index is -0.0616. The highest BCUT2D eigenvalue weighted by molar-refractivity contribution is 7.18. The summed E-state index contributed by atoms with van der Waals surface area (Å²) in [5.74, 6) is 1.14. The summed E-state index contributed by atoms with van der Waals surface area (Å²) >= 11 is 1.56. The van der Waals surface area contributed by atoms with Crippen molar-refractivity contribution in [2.24, 2.45) is 0 Å². The zero-order valence-corrected chi connectivity index (χ0v) is 13.2. The van der Waals surface area contributed by atoms with Gasteiger partial charge in [0.25, 0.3) is 5.56 Å². The number of aryl methyl sites for hydroxylation is 1. The molecule has 4 heterocycles. The van der Waals surface area contributed by atoms with Gasteiger partial charge < -0.3 is 8.94 Å². The normalized spacial score (nSPS) is 11.3. The van der Waals surface area contributed by atoms with Crippen LogP contribution in [0.3, 0.4) is 0 Å². The van der Waals surface area contributed by atoms with E-state index in [2.05, 4.69) is 17.1 Å². The van der Waals surface area contributed by atoms with Gasteiger partial charge in [0, 0.05) is 10.9 Å². The molecule has 0 N–H and O–H groups in total. The Balaban J connectivity index is 1.67. The number of furan rings is 1. The quantitative estimate of drug-likeness (QED) is 0.575. The molecule has 7 heteroatoms. The molecule has 0 saturated heterocycles. The van der Waals surface area contributed by atoms with E-state index in [1.807, 2.05) is 6.07 Å². The van der Waals surface area contributed by atoms with Crippen LogP contribution < -0.4 is 5.56 Å². The summed E-state index contributed by atoms with van der Waals surface area (Å²) in [5, 5.41) is 4.65. The lowest BCUT2D eigenvalue weighted by molar-refractivity contribution is 0.408. The number of rotatable bonds is 4. The lowest BCUT2D eigenvalue weighted by atomic mass is 10.3. The molecule has 0 fully saturated rings. The van der Waals surface area contributed by atoms with Crippen LogP contribution in [0, 0.1) is 0 Å². The zero-order chi connectivity index (χ0) is 15.8. The van der Waals surface area contributed by atoms with Crippen LogP contribution in [-0.4, -0.2) is 14.7 Å². The van der Waals surface area contributed by atoms with Crippen molar-refractivity contribution in [3.8, 4) is 11.5 Å². The van der Waals surface area contributed by atoms with E-state index in [9.17, 15) is 4.79 Å². The molecule has 4 aromatic heterocycles. The first-order valence-corrected chi connectivity index (χ1v) is 8.03. The van der Waals surface area contributed by atoms with Gasteiger partial charge in [-0.15, -0.1) is 11.3 Å². The second-order valence-electron chi connectivity index (χ2n) is 5.12. The monoisotopic (exact) mass is 327 g/mol. The number of hydrogen-bond acceptors (Lipinski definition) is 6.